The number of nitrogens with zero attached hydrogens (tertiary/aromatic N) is 3. The Bertz CT molecular complexity index is 1180. The molecule has 0 spiro atoms. The van der Waals surface area contributed by atoms with Gasteiger partial charge < -0.3 is 19.5 Å². The number of carbonyl (C=O) groups is 1. The number of benzene rings is 2. The lowest BCUT2D eigenvalue weighted by molar-refractivity contribution is -0.139. The number of hydrogen-bond donors (Lipinski definition) is 1. The van der Waals surface area contributed by atoms with E-state index in [1.165, 1.54) is 11.9 Å². The Morgan fingerprint density at radius 3 is 2.59 bits per heavy atom. The fourth-order valence-corrected chi connectivity index (χ4v) is 3.86. The summed E-state index contributed by atoms with van der Waals surface area (Å²) < 4.78 is 19.2. The molecule has 0 amide bonds. The van der Waals surface area contributed by atoms with Gasteiger partial charge >= 0.3 is 5.97 Å². The highest BCUT2D eigenvalue weighted by molar-refractivity contribution is 5.92. The first-order chi connectivity index (χ1) is 16.5. The molecule has 0 saturated carbocycles. The van der Waals surface area contributed by atoms with Crippen molar-refractivity contribution in [3.8, 4) is 11.5 Å². The molecule has 178 valence electrons. The van der Waals surface area contributed by atoms with E-state index < -0.39 is 6.04 Å². The minimum Gasteiger partial charge on any atom is -0.490 e. The number of esters is 1. The van der Waals surface area contributed by atoms with Gasteiger partial charge in [-0.2, -0.15) is 10.1 Å². The van der Waals surface area contributed by atoms with Gasteiger partial charge in [-0.3, -0.25) is 0 Å². The normalized spacial score (nSPS) is 14.9. The van der Waals surface area contributed by atoms with Gasteiger partial charge in [0.05, 0.1) is 18.8 Å². The molecule has 1 unspecified atom stereocenters. The minimum absolute atomic E-state index is 0.350. The molecule has 0 aliphatic carbocycles. The maximum Gasteiger partial charge on any atom is 0.338 e. The van der Waals surface area contributed by atoms with Crippen LogP contribution in [0.15, 0.2) is 60.1 Å². The number of hydrogen-bond acceptors (Lipinski definition) is 7. The van der Waals surface area contributed by atoms with Crippen molar-refractivity contribution in [2.45, 2.75) is 46.8 Å². The number of anilines is 1. The number of carbonyl (C=O) groups excluding carboxylic acids is 1. The van der Waals surface area contributed by atoms with Gasteiger partial charge in [-0.1, -0.05) is 42.8 Å². The third-order valence-electron chi connectivity index (χ3n) is 5.55. The van der Waals surface area contributed by atoms with E-state index in [-0.39, 0.29) is 5.97 Å². The highest BCUT2D eigenvalue weighted by atomic mass is 16.5. The van der Waals surface area contributed by atoms with Crippen molar-refractivity contribution in [3.63, 3.8) is 0 Å². The summed E-state index contributed by atoms with van der Waals surface area (Å²) in [5.74, 6) is 1.42. The van der Waals surface area contributed by atoms with Crippen LogP contribution in [-0.4, -0.2) is 33.9 Å². The van der Waals surface area contributed by atoms with E-state index in [2.05, 4.69) is 34.5 Å². The fourth-order valence-electron chi connectivity index (χ4n) is 3.86. The molecule has 1 aromatic heterocycles. The smallest absolute Gasteiger partial charge is 0.338 e. The predicted molar refractivity (Wildman–Crippen MR) is 129 cm³/mol. The third kappa shape index (κ3) is 4.90. The highest BCUT2D eigenvalue weighted by Gasteiger charge is 2.34. The number of ether oxygens (including phenoxy) is 3. The number of nitrogens with one attached hydrogen (secondary N) is 1. The minimum atomic E-state index is -0.506. The predicted octanol–water partition coefficient (Wildman–Crippen LogP) is 4.81. The van der Waals surface area contributed by atoms with Crippen LogP contribution in [0.5, 0.6) is 11.5 Å². The van der Waals surface area contributed by atoms with Crippen LogP contribution in [0, 0.1) is 6.92 Å². The van der Waals surface area contributed by atoms with E-state index in [1.54, 1.807) is 4.68 Å². The average Bonchev–Trinajstić information content (AvgIpc) is 3.30. The van der Waals surface area contributed by atoms with Crippen molar-refractivity contribution in [2.75, 3.05) is 18.5 Å². The molecular weight excluding hydrogens is 432 g/mol. The van der Waals surface area contributed by atoms with Crippen molar-refractivity contribution < 1.29 is 19.0 Å². The topological polar surface area (TPSA) is 87.5 Å². The Morgan fingerprint density at radius 1 is 1.06 bits per heavy atom. The second-order valence-corrected chi connectivity index (χ2v) is 8.14. The number of aromatic nitrogens is 3. The molecular formula is C26H30N4O4. The van der Waals surface area contributed by atoms with Gasteiger partial charge in [-0.15, -0.1) is 0 Å². The molecule has 2 aromatic carbocycles. The zero-order valence-corrected chi connectivity index (χ0v) is 20.0. The summed E-state index contributed by atoms with van der Waals surface area (Å²) >= 11 is 0. The summed E-state index contributed by atoms with van der Waals surface area (Å²) in [6.45, 7) is 9.04. The quantitative estimate of drug-likeness (QED) is 0.457. The number of allylic oxidation sites excluding steroid dienone is 1. The van der Waals surface area contributed by atoms with Crippen LogP contribution in [0.3, 0.4) is 0 Å². The lowest BCUT2D eigenvalue weighted by Gasteiger charge is -2.28. The molecule has 8 nitrogen and oxygen atoms in total. The molecule has 1 aliphatic heterocycles. The molecule has 1 N–H and O–H groups in total. The van der Waals surface area contributed by atoms with Crippen LogP contribution >= 0.6 is 0 Å². The van der Waals surface area contributed by atoms with E-state index in [1.807, 2.05) is 51.1 Å². The van der Waals surface area contributed by atoms with E-state index >= 15 is 0 Å². The van der Waals surface area contributed by atoms with Gasteiger partial charge in [0.15, 0.2) is 11.5 Å². The summed E-state index contributed by atoms with van der Waals surface area (Å²) in [6.07, 6.45) is 2.21. The monoisotopic (exact) mass is 462 g/mol. The average molecular weight is 463 g/mol. The van der Waals surface area contributed by atoms with Gasteiger partial charge in [0.2, 0.25) is 5.95 Å². The molecule has 0 fully saturated rings. The fraction of sp³-hybridized carbons (Fsp3) is 0.346. The van der Waals surface area contributed by atoms with E-state index in [4.69, 9.17) is 14.2 Å². The second kappa shape index (κ2) is 10.4. The Kier molecular flexibility index (Phi) is 7.15. The number of rotatable bonds is 9. The summed E-state index contributed by atoms with van der Waals surface area (Å²) in [4.78, 5) is 17.3. The SMILES string of the molecule is CCCOC(=O)C1=C(C)Nc2ncnn2C1c1ccc(OCc2ccc(C)cc2)c(OCC)c1. The van der Waals surface area contributed by atoms with Crippen molar-refractivity contribution in [1.82, 2.24) is 14.8 Å². The van der Waals surface area contributed by atoms with Gasteiger partial charge in [0.1, 0.15) is 19.0 Å². The summed E-state index contributed by atoms with van der Waals surface area (Å²) in [5.41, 5.74) is 4.27. The van der Waals surface area contributed by atoms with E-state index in [0.29, 0.717) is 48.5 Å². The van der Waals surface area contributed by atoms with Crippen LogP contribution in [0.25, 0.3) is 0 Å². The number of aryl methyl sites for hydroxylation is 1. The van der Waals surface area contributed by atoms with Gasteiger partial charge in [0, 0.05) is 5.70 Å². The molecule has 3 aromatic rings. The van der Waals surface area contributed by atoms with Crippen LogP contribution in [0.1, 0.15) is 49.9 Å². The summed E-state index contributed by atoms with van der Waals surface area (Å²) in [6, 6.07) is 13.4. The first-order valence-corrected chi connectivity index (χ1v) is 11.5. The molecule has 2 heterocycles. The zero-order chi connectivity index (χ0) is 24.1. The lowest BCUT2D eigenvalue weighted by Crippen LogP contribution is -2.29. The van der Waals surface area contributed by atoms with Crippen LogP contribution in [0.2, 0.25) is 0 Å². The maximum atomic E-state index is 13.0. The maximum absolute atomic E-state index is 13.0. The van der Waals surface area contributed by atoms with Crippen molar-refractivity contribution in [2.24, 2.45) is 0 Å². The molecule has 0 bridgehead atoms. The van der Waals surface area contributed by atoms with Gasteiger partial charge in [0.25, 0.3) is 0 Å². The highest BCUT2D eigenvalue weighted by Crippen LogP contribution is 2.39. The Hall–Kier alpha value is -3.81. The second-order valence-electron chi connectivity index (χ2n) is 8.14. The number of fused-ring (bicyclic) bond motifs is 1. The summed E-state index contributed by atoms with van der Waals surface area (Å²) in [5, 5.41) is 7.52. The van der Waals surface area contributed by atoms with Crippen molar-refractivity contribution >= 4 is 11.9 Å². The summed E-state index contributed by atoms with van der Waals surface area (Å²) in [7, 11) is 0. The zero-order valence-electron chi connectivity index (χ0n) is 20.0. The standard InChI is InChI=1S/C26H30N4O4/c1-5-13-33-25(31)23-18(4)29-26-27-16-28-30(26)24(23)20-11-12-21(22(14-20)32-6-2)34-15-19-9-7-17(3)8-10-19/h7-12,14,16,24H,5-6,13,15H2,1-4H3,(H,27,28,29). The van der Waals surface area contributed by atoms with Gasteiger partial charge in [-0.25, -0.2) is 9.48 Å². The molecule has 0 saturated heterocycles. The Labute approximate surface area is 199 Å². The first kappa shape index (κ1) is 23.4. The van der Waals surface area contributed by atoms with Crippen LogP contribution < -0.4 is 14.8 Å². The Morgan fingerprint density at radius 2 is 1.85 bits per heavy atom. The molecule has 34 heavy (non-hydrogen) atoms. The molecule has 8 heteroatoms. The molecule has 1 aliphatic rings. The molecule has 4 rings (SSSR count). The van der Waals surface area contributed by atoms with Gasteiger partial charge in [-0.05, 0) is 50.5 Å². The van der Waals surface area contributed by atoms with Crippen molar-refractivity contribution in [1.29, 1.82) is 0 Å². The van der Waals surface area contributed by atoms with E-state index in [0.717, 1.165) is 17.5 Å². The third-order valence-corrected chi connectivity index (χ3v) is 5.55. The first-order valence-electron chi connectivity index (χ1n) is 11.5. The molecule has 0 radical (unpaired) electrons. The van der Waals surface area contributed by atoms with Crippen LogP contribution in [-0.2, 0) is 16.1 Å². The van der Waals surface area contributed by atoms with Crippen LogP contribution in [0.4, 0.5) is 5.95 Å². The lowest BCUT2D eigenvalue weighted by atomic mass is 9.95. The largest absolute Gasteiger partial charge is 0.490 e. The Balaban J connectivity index is 1.68. The van der Waals surface area contributed by atoms with Crippen molar-refractivity contribution in [3.05, 3.63) is 76.8 Å². The van der Waals surface area contributed by atoms with E-state index in [9.17, 15) is 4.79 Å². The molecule has 1 atom stereocenters.